The summed E-state index contributed by atoms with van der Waals surface area (Å²) in [6.07, 6.45) is 1.98. The van der Waals surface area contributed by atoms with E-state index in [1.54, 1.807) is 29.2 Å². The Morgan fingerprint density at radius 1 is 1.14 bits per heavy atom. The van der Waals surface area contributed by atoms with E-state index >= 15 is 0 Å². The fourth-order valence-electron chi connectivity index (χ4n) is 3.17. The molecule has 0 spiro atoms. The molecule has 4 rings (SSSR count). The van der Waals surface area contributed by atoms with Crippen LogP contribution >= 0.6 is 11.6 Å². The molecule has 2 N–H and O–H groups in total. The van der Waals surface area contributed by atoms with Crippen molar-refractivity contribution in [1.82, 2.24) is 15.4 Å². The number of hydrazine groups is 1. The maximum absolute atomic E-state index is 12.3. The molecule has 1 aliphatic rings. The van der Waals surface area contributed by atoms with Gasteiger partial charge in [-0.05, 0) is 42.3 Å². The van der Waals surface area contributed by atoms with Crippen LogP contribution in [0.15, 0.2) is 54.9 Å². The molecule has 0 aliphatic carbocycles. The number of hydrogen-bond acceptors (Lipinski definition) is 7. The summed E-state index contributed by atoms with van der Waals surface area (Å²) in [6, 6.07) is 13.9. The molecule has 0 unspecified atom stereocenters. The molecule has 0 fully saturated rings. The predicted octanol–water partition coefficient (Wildman–Crippen LogP) is 3.49. The summed E-state index contributed by atoms with van der Waals surface area (Å²) in [4.78, 5) is 33.4. The lowest BCUT2D eigenvalue weighted by Crippen LogP contribution is -2.30. The molecule has 2 aromatic carbocycles. The Morgan fingerprint density at radius 3 is 2.66 bits per heavy atom. The fourth-order valence-corrected chi connectivity index (χ4v) is 3.30. The normalized spacial score (nSPS) is 12.4. The van der Waals surface area contributed by atoms with Gasteiger partial charge in [0.2, 0.25) is 11.6 Å². The monoisotopic (exact) mass is 410 g/mol. The van der Waals surface area contributed by atoms with E-state index in [1.807, 2.05) is 24.3 Å². The van der Waals surface area contributed by atoms with Gasteiger partial charge in [-0.3, -0.25) is 25.8 Å². The average Bonchev–Trinajstić information content (AvgIpc) is 3.16. The molecule has 29 heavy (non-hydrogen) atoms. The minimum atomic E-state index is -0.562. The molecule has 9 nitrogen and oxygen atoms in total. The van der Waals surface area contributed by atoms with Crippen molar-refractivity contribution in [2.75, 3.05) is 16.9 Å². The number of aromatic nitrogens is 2. The zero-order chi connectivity index (χ0) is 20.4. The van der Waals surface area contributed by atoms with E-state index in [1.165, 1.54) is 6.33 Å². The zero-order valence-electron chi connectivity index (χ0n) is 15.0. The van der Waals surface area contributed by atoms with Gasteiger partial charge in [0.1, 0.15) is 6.33 Å². The van der Waals surface area contributed by atoms with Crippen molar-refractivity contribution in [2.24, 2.45) is 0 Å². The number of nitro groups is 1. The quantitative estimate of drug-likeness (QED) is 0.488. The Hall–Kier alpha value is -3.72. The Bertz CT molecular complexity index is 1090. The number of fused-ring (bicyclic) bond motifs is 1. The summed E-state index contributed by atoms with van der Waals surface area (Å²) in [5.41, 5.74) is 6.94. The lowest BCUT2D eigenvalue weighted by molar-refractivity contribution is -0.383. The molecule has 3 aromatic rings. The van der Waals surface area contributed by atoms with Crippen LogP contribution in [0.25, 0.3) is 0 Å². The van der Waals surface area contributed by atoms with E-state index < -0.39 is 10.8 Å². The maximum atomic E-state index is 12.3. The highest BCUT2D eigenvalue weighted by molar-refractivity contribution is 6.30. The number of rotatable bonds is 5. The van der Waals surface area contributed by atoms with Gasteiger partial charge in [0.25, 0.3) is 5.91 Å². The Balaban J connectivity index is 1.62. The minimum Gasteiger partial charge on any atom is -0.320 e. The van der Waals surface area contributed by atoms with Crippen molar-refractivity contribution >= 4 is 40.5 Å². The molecular formula is C19H15ClN6O3. The highest BCUT2D eigenvalue weighted by atomic mass is 35.5. The number of carbonyl (C=O) groups excluding carboxylic acids is 1. The molecule has 0 radical (unpaired) electrons. The van der Waals surface area contributed by atoms with Crippen LogP contribution in [0.4, 0.5) is 23.0 Å². The molecule has 1 amide bonds. The second-order valence-electron chi connectivity index (χ2n) is 6.27. The number of benzene rings is 2. The number of carbonyl (C=O) groups is 1. The number of nitrogens with one attached hydrogen (secondary N) is 2. The first kappa shape index (κ1) is 18.6. The van der Waals surface area contributed by atoms with Crippen molar-refractivity contribution in [2.45, 2.75) is 6.42 Å². The second kappa shape index (κ2) is 7.72. The van der Waals surface area contributed by atoms with Crippen LogP contribution in [0.2, 0.25) is 5.02 Å². The number of amides is 1. The van der Waals surface area contributed by atoms with Gasteiger partial charge in [-0.1, -0.05) is 29.8 Å². The molecule has 1 aromatic heterocycles. The molecule has 0 saturated carbocycles. The van der Waals surface area contributed by atoms with Gasteiger partial charge < -0.3 is 4.90 Å². The molecule has 10 heteroatoms. The Morgan fingerprint density at radius 2 is 1.90 bits per heavy atom. The maximum Gasteiger partial charge on any atom is 0.355 e. The molecule has 0 atom stereocenters. The van der Waals surface area contributed by atoms with Crippen LogP contribution in [0.1, 0.15) is 15.9 Å². The van der Waals surface area contributed by atoms with Crippen molar-refractivity contribution in [3.8, 4) is 0 Å². The largest absolute Gasteiger partial charge is 0.355 e. The van der Waals surface area contributed by atoms with Crippen molar-refractivity contribution in [3.05, 3.63) is 81.1 Å². The summed E-state index contributed by atoms with van der Waals surface area (Å²) in [6.45, 7) is 0.563. The third kappa shape index (κ3) is 3.67. The minimum absolute atomic E-state index is 0.105. The lowest BCUT2D eigenvalue weighted by Gasteiger charge is -2.19. The lowest BCUT2D eigenvalue weighted by atomic mass is 10.2. The molecular weight excluding hydrogens is 396 g/mol. The number of hydrogen-bond donors (Lipinski definition) is 2. The first-order valence-corrected chi connectivity index (χ1v) is 9.09. The predicted molar refractivity (Wildman–Crippen MR) is 108 cm³/mol. The van der Waals surface area contributed by atoms with E-state index in [4.69, 9.17) is 11.6 Å². The summed E-state index contributed by atoms with van der Waals surface area (Å²) in [5.74, 6) is -0.424. The van der Waals surface area contributed by atoms with Crippen LogP contribution in [-0.4, -0.2) is 27.3 Å². The van der Waals surface area contributed by atoms with Crippen LogP contribution < -0.4 is 15.8 Å². The topological polar surface area (TPSA) is 113 Å². The van der Waals surface area contributed by atoms with Gasteiger partial charge in [0.15, 0.2) is 0 Å². The van der Waals surface area contributed by atoms with E-state index in [0.29, 0.717) is 17.1 Å². The highest BCUT2D eigenvalue weighted by Gasteiger charge is 2.31. The van der Waals surface area contributed by atoms with Crippen LogP contribution in [0.3, 0.4) is 0 Å². The second-order valence-corrected chi connectivity index (χ2v) is 6.70. The molecule has 0 bridgehead atoms. The Kier molecular flexibility index (Phi) is 4.96. The number of anilines is 3. The first-order chi connectivity index (χ1) is 14.0. The number of nitrogens with zero attached hydrogens (tertiary/aromatic N) is 4. The Labute approximate surface area is 170 Å². The van der Waals surface area contributed by atoms with Gasteiger partial charge in [0, 0.05) is 22.8 Å². The van der Waals surface area contributed by atoms with Crippen molar-refractivity contribution < 1.29 is 9.72 Å². The summed E-state index contributed by atoms with van der Waals surface area (Å²) < 4.78 is 0. The van der Waals surface area contributed by atoms with E-state index in [-0.39, 0.29) is 17.3 Å². The fraction of sp³-hybridized carbons (Fsp3) is 0.105. The molecule has 1 aliphatic heterocycles. The van der Waals surface area contributed by atoms with Gasteiger partial charge in [0.05, 0.1) is 4.92 Å². The average molecular weight is 411 g/mol. The smallest absolute Gasteiger partial charge is 0.320 e. The summed E-state index contributed by atoms with van der Waals surface area (Å²) in [5, 5.41) is 12.3. The van der Waals surface area contributed by atoms with Crippen LogP contribution in [-0.2, 0) is 6.42 Å². The highest BCUT2D eigenvalue weighted by Crippen LogP contribution is 2.39. The van der Waals surface area contributed by atoms with Crippen LogP contribution in [0.5, 0.6) is 0 Å². The third-order valence-corrected chi connectivity index (χ3v) is 4.78. The SMILES string of the molecule is O=C(NNc1ncnc(N2CCc3ccccc32)c1[N+](=O)[O-])c1ccc(Cl)cc1. The molecule has 2 heterocycles. The van der Waals surface area contributed by atoms with Gasteiger partial charge in [-0.2, -0.15) is 0 Å². The number of para-hydroxylation sites is 1. The van der Waals surface area contributed by atoms with E-state index in [9.17, 15) is 14.9 Å². The van der Waals surface area contributed by atoms with Gasteiger partial charge in [-0.25, -0.2) is 9.97 Å². The summed E-state index contributed by atoms with van der Waals surface area (Å²) in [7, 11) is 0. The van der Waals surface area contributed by atoms with E-state index in [0.717, 1.165) is 17.7 Å². The zero-order valence-corrected chi connectivity index (χ0v) is 15.8. The van der Waals surface area contributed by atoms with Gasteiger partial charge >= 0.3 is 5.69 Å². The van der Waals surface area contributed by atoms with Gasteiger partial charge in [-0.15, -0.1) is 0 Å². The van der Waals surface area contributed by atoms with E-state index in [2.05, 4.69) is 20.8 Å². The third-order valence-electron chi connectivity index (χ3n) is 4.53. The van der Waals surface area contributed by atoms with Crippen molar-refractivity contribution in [1.29, 1.82) is 0 Å². The first-order valence-electron chi connectivity index (χ1n) is 8.71. The standard InChI is InChI=1S/C19H15ClN6O3/c20-14-7-5-13(6-8-14)19(27)24-23-17-16(26(28)29)18(22-11-21-17)25-10-9-12-3-1-2-4-15(12)25/h1-8,11H,9-10H2,(H,24,27)(H,21,22,23). The number of halogens is 1. The van der Waals surface area contributed by atoms with Crippen molar-refractivity contribution in [3.63, 3.8) is 0 Å². The van der Waals surface area contributed by atoms with Crippen LogP contribution in [0, 0.1) is 10.1 Å². The molecule has 146 valence electrons. The summed E-state index contributed by atoms with van der Waals surface area (Å²) >= 11 is 5.82. The molecule has 0 saturated heterocycles.